The highest BCUT2D eigenvalue weighted by atomic mass is 35.5. The quantitative estimate of drug-likeness (QED) is 0.737. The summed E-state index contributed by atoms with van der Waals surface area (Å²) in [5.74, 6) is 0. The average Bonchev–Trinajstić information content (AvgIpc) is 2.18. The SMILES string of the molecule is O=C1NCCN(c2cccc(Cl)c2)N1. The Kier molecular flexibility index (Phi) is 2.45. The first-order chi connectivity index (χ1) is 6.75. The molecule has 0 bridgehead atoms. The second-order valence-electron chi connectivity index (χ2n) is 3.00. The van der Waals surface area contributed by atoms with E-state index in [0.717, 1.165) is 12.2 Å². The number of nitrogens with one attached hydrogen (secondary N) is 2. The molecule has 1 aliphatic heterocycles. The molecule has 0 radical (unpaired) electrons. The summed E-state index contributed by atoms with van der Waals surface area (Å²) in [5.41, 5.74) is 3.58. The fourth-order valence-corrected chi connectivity index (χ4v) is 1.52. The molecule has 0 aliphatic carbocycles. The fraction of sp³-hybridized carbons (Fsp3) is 0.222. The van der Waals surface area contributed by atoms with E-state index in [0.29, 0.717) is 11.6 Å². The zero-order chi connectivity index (χ0) is 9.97. The topological polar surface area (TPSA) is 44.4 Å². The van der Waals surface area contributed by atoms with E-state index in [1.165, 1.54) is 0 Å². The molecule has 0 aromatic heterocycles. The predicted octanol–water partition coefficient (Wildman–Crippen LogP) is 1.37. The van der Waals surface area contributed by atoms with Crippen molar-refractivity contribution < 1.29 is 4.79 Å². The van der Waals surface area contributed by atoms with Crippen LogP contribution in [0, 0.1) is 0 Å². The Morgan fingerprint density at radius 2 is 2.29 bits per heavy atom. The first-order valence-corrected chi connectivity index (χ1v) is 4.71. The molecule has 2 N–H and O–H groups in total. The normalized spacial score (nSPS) is 16.1. The van der Waals surface area contributed by atoms with Crippen LogP contribution in [0.2, 0.25) is 5.02 Å². The van der Waals surface area contributed by atoms with Crippen LogP contribution in [-0.2, 0) is 0 Å². The molecule has 2 amide bonds. The van der Waals surface area contributed by atoms with E-state index >= 15 is 0 Å². The van der Waals surface area contributed by atoms with Crippen molar-refractivity contribution in [1.29, 1.82) is 0 Å². The second kappa shape index (κ2) is 3.75. The van der Waals surface area contributed by atoms with Crippen LogP contribution >= 0.6 is 11.6 Å². The van der Waals surface area contributed by atoms with Crippen LogP contribution in [0.5, 0.6) is 0 Å². The third-order valence-corrected chi connectivity index (χ3v) is 2.21. The number of benzene rings is 1. The van der Waals surface area contributed by atoms with Crippen molar-refractivity contribution >= 4 is 23.3 Å². The van der Waals surface area contributed by atoms with E-state index < -0.39 is 0 Å². The largest absolute Gasteiger partial charge is 0.335 e. The van der Waals surface area contributed by atoms with Crippen molar-refractivity contribution in [2.45, 2.75) is 0 Å². The van der Waals surface area contributed by atoms with E-state index in [2.05, 4.69) is 10.7 Å². The number of nitrogens with zero attached hydrogens (tertiary/aromatic N) is 1. The van der Waals surface area contributed by atoms with Gasteiger partial charge in [-0.25, -0.2) is 10.2 Å². The second-order valence-corrected chi connectivity index (χ2v) is 3.44. The van der Waals surface area contributed by atoms with Gasteiger partial charge in [-0.3, -0.25) is 5.01 Å². The number of urea groups is 1. The average molecular weight is 212 g/mol. The van der Waals surface area contributed by atoms with Crippen LogP contribution in [0.3, 0.4) is 0 Å². The Morgan fingerprint density at radius 3 is 3.00 bits per heavy atom. The minimum absolute atomic E-state index is 0.184. The number of carbonyl (C=O) groups is 1. The van der Waals surface area contributed by atoms with E-state index in [1.54, 1.807) is 11.1 Å². The number of hydrogen-bond donors (Lipinski definition) is 2. The molecule has 0 spiro atoms. The van der Waals surface area contributed by atoms with Gasteiger partial charge >= 0.3 is 6.03 Å². The molecular weight excluding hydrogens is 202 g/mol. The van der Waals surface area contributed by atoms with E-state index in [4.69, 9.17) is 11.6 Å². The van der Waals surface area contributed by atoms with Gasteiger partial charge in [0.2, 0.25) is 0 Å². The van der Waals surface area contributed by atoms with E-state index in [1.807, 2.05) is 18.2 Å². The Morgan fingerprint density at radius 1 is 1.43 bits per heavy atom. The smallest absolute Gasteiger partial charge is 0.333 e. The maximum absolute atomic E-state index is 11.0. The molecule has 0 unspecified atom stereocenters. The Hall–Kier alpha value is -1.42. The summed E-state index contributed by atoms with van der Waals surface area (Å²) < 4.78 is 0. The molecule has 1 saturated heterocycles. The van der Waals surface area contributed by atoms with Gasteiger partial charge in [0.05, 0.1) is 12.2 Å². The lowest BCUT2D eigenvalue weighted by atomic mass is 10.3. The van der Waals surface area contributed by atoms with Gasteiger partial charge in [0.25, 0.3) is 0 Å². The van der Waals surface area contributed by atoms with Crippen molar-refractivity contribution in [2.24, 2.45) is 0 Å². The Labute approximate surface area is 86.8 Å². The first kappa shape index (κ1) is 9.15. The molecule has 1 aromatic rings. The Balaban J connectivity index is 2.17. The zero-order valence-corrected chi connectivity index (χ0v) is 8.21. The third kappa shape index (κ3) is 1.90. The van der Waals surface area contributed by atoms with Gasteiger partial charge < -0.3 is 5.32 Å². The molecule has 5 heteroatoms. The minimum Gasteiger partial charge on any atom is -0.335 e. The van der Waals surface area contributed by atoms with E-state index in [9.17, 15) is 4.79 Å². The maximum Gasteiger partial charge on any atom is 0.333 e. The lowest BCUT2D eigenvalue weighted by molar-refractivity contribution is 0.236. The lowest BCUT2D eigenvalue weighted by Gasteiger charge is -2.29. The van der Waals surface area contributed by atoms with Crippen LogP contribution in [0.25, 0.3) is 0 Å². The molecule has 1 aliphatic rings. The van der Waals surface area contributed by atoms with Crippen LogP contribution in [0.15, 0.2) is 24.3 Å². The summed E-state index contributed by atoms with van der Waals surface area (Å²) in [7, 11) is 0. The summed E-state index contributed by atoms with van der Waals surface area (Å²) >= 11 is 5.85. The number of hydrazine groups is 1. The number of amides is 2. The molecule has 14 heavy (non-hydrogen) atoms. The number of carbonyl (C=O) groups excluding carboxylic acids is 1. The predicted molar refractivity (Wildman–Crippen MR) is 55.3 cm³/mol. The highest BCUT2D eigenvalue weighted by Gasteiger charge is 2.14. The van der Waals surface area contributed by atoms with Crippen LogP contribution < -0.4 is 15.8 Å². The summed E-state index contributed by atoms with van der Waals surface area (Å²) in [5, 5.41) is 5.10. The van der Waals surface area contributed by atoms with Crippen LogP contribution in [0.1, 0.15) is 0 Å². The molecule has 4 nitrogen and oxygen atoms in total. The maximum atomic E-state index is 11.0. The highest BCUT2D eigenvalue weighted by molar-refractivity contribution is 6.30. The number of halogens is 1. The van der Waals surface area contributed by atoms with E-state index in [-0.39, 0.29) is 6.03 Å². The van der Waals surface area contributed by atoms with Crippen molar-refractivity contribution in [3.63, 3.8) is 0 Å². The van der Waals surface area contributed by atoms with Gasteiger partial charge in [-0.15, -0.1) is 0 Å². The molecule has 2 rings (SSSR count). The van der Waals surface area contributed by atoms with Crippen molar-refractivity contribution in [2.75, 3.05) is 18.1 Å². The molecular formula is C9H10ClN3O. The summed E-state index contributed by atoms with van der Waals surface area (Å²) in [6.45, 7) is 1.37. The van der Waals surface area contributed by atoms with Crippen molar-refractivity contribution in [3.05, 3.63) is 29.3 Å². The summed E-state index contributed by atoms with van der Waals surface area (Å²) in [6, 6.07) is 7.18. The Bertz CT molecular complexity index is 356. The molecule has 1 aromatic carbocycles. The van der Waals surface area contributed by atoms with Gasteiger partial charge in [-0.1, -0.05) is 17.7 Å². The monoisotopic (exact) mass is 211 g/mol. The molecule has 0 saturated carbocycles. The number of hydrogen-bond acceptors (Lipinski definition) is 2. The van der Waals surface area contributed by atoms with Crippen LogP contribution in [0.4, 0.5) is 10.5 Å². The van der Waals surface area contributed by atoms with Gasteiger partial charge in [0.15, 0.2) is 0 Å². The molecule has 1 heterocycles. The number of rotatable bonds is 1. The van der Waals surface area contributed by atoms with Crippen molar-refractivity contribution in [3.8, 4) is 0 Å². The lowest BCUT2D eigenvalue weighted by Crippen LogP contribution is -2.56. The summed E-state index contributed by atoms with van der Waals surface area (Å²) in [6.07, 6.45) is 0. The van der Waals surface area contributed by atoms with Crippen LogP contribution in [-0.4, -0.2) is 19.1 Å². The summed E-state index contributed by atoms with van der Waals surface area (Å²) in [4.78, 5) is 11.0. The highest BCUT2D eigenvalue weighted by Crippen LogP contribution is 2.18. The van der Waals surface area contributed by atoms with Gasteiger partial charge in [0.1, 0.15) is 0 Å². The molecule has 74 valence electrons. The van der Waals surface area contributed by atoms with Gasteiger partial charge in [0, 0.05) is 11.6 Å². The fourth-order valence-electron chi connectivity index (χ4n) is 1.34. The van der Waals surface area contributed by atoms with Crippen molar-refractivity contribution in [1.82, 2.24) is 10.7 Å². The third-order valence-electron chi connectivity index (χ3n) is 1.98. The number of anilines is 1. The first-order valence-electron chi connectivity index (χ1n) is 4.33. The standard InChI is InChI=1S/C9H10ClN3O/c10-7-2-1-3-8(6-7)13-5-4-11-9(14)12-13/h1-3,6H,4-5H2,(H2,11,12,14). The molecule has 1 fully saturated rings. The minimum atomic E-state index is -0.184. The molecule has 0 atom stereocenters. The van der Waals surface area contributed by atoms with Gasteiger partial charge in [-0.05, 0) is 18.2 Å². The zero-order valence-electron chi connectivity index (χ0n) is 7.46. The van der Waals surface area contributed by atoms with Gasteiger partial charge in [-0.2, -0.15) is 0 Å².